The number of sulfonamides is 1. The van der Waals surface area contributed by atoms with Crippen LogP contribution < -0.4 is 11.5 Å². The Morgan fingerprint density at radius 2 is 1.67 bits per heavy atom. The summed E-state index contributed by atoms with van der Waals surface area (Å²) in [7, 11) is -3.79. The van der Waals surface area contributed by atoms with Crippen LogP contribution in [0.1, 0.15) is 5.56 Å². The van der Waals surface area contributed by atoms with Gasteiger partial charge < -0.3 is 11.5 Å². The van der Waals surface area contributed by atoms with Crippen molar-refractivity contribution in [1.82, 2.24) is 0 Å². The average Bonchev–Trinajstić information content (AvgIpc) is 2.46. The molecule has 2 aromatic carbocycles. The minimum atomic E-state index is -3.79. The maximum atomic E-state index is 12.0. The SMILES string of the molecule is NC(=NS(=O)(=O)c1ccc(N)cc1)SCc1ccccc1. The Morgan fingerprint density at radius 1 is 1.05 bits per heavy atom. The number of hydrogen-bond donors (Lipinski definition) is 2. The van der Waals surface area contributed by atoms with Crippen molar-refractivity contribution in [3.63, 3.8) is 0 Å². The highest BCUT2D eigenvalue weighted by molar-refractivity contribution is 8.13. The first-order chi connectivity index (χ1) is 9.97. The van der Waals surface area contributed by atoms with Gasteiger partial charge in [-0.25, -0.2) is 0 Å². The summed E-state index contributed by atoms with van der Waals surface area (Å²) in [6.07, 6.45) is 0. The summed E-state index contributed by atoms with van der Waals surface area (Å²) in [5.41, 5.74) is 12.7. The van der Waals surface area contributed by atoms with Gasteiger partial charge in [-0.05, 0) is 29.8 Å². The lowest BCUT2D eigenvalue weighted by Crippen LogP contribution is -2.11. The van der Waals surface area contributed by atoms with Crippen LogP contribution >= 0.6 is 11.8 Å². The predicted molar refractivity (Wildman–Crippen MR) is 87.4 cm³/mol. The number of nitrogens with zero attached hydrogens (tertiary/aromatic N) is 1. The highest BCUT2D eigenvalue weighted by atomic mass is 32.2. The van der Waals surface area contributed by atoms with Gasteiger partial charge in [-0.1, -0.05) is 42.1 Å². The first-order valence-electron chi connectivity index (χ1n) is 6.10. The summed E-state index contributed by atoms with van der Waals surface area (Å²) in [4.78, 5) is 0.0694. The third kappa shape index (κ3) is 4.51. The summed E-state index contributed by atoms with van der Waals surface area (Å²) in [6, 6.07) is 15.4. The molecule has 0 heterocycles. The molecule has 0 saturated heterocycles. The van der Waals surface area contributed by atoms with Gasteiger partial charge in [0.15, 0.2) is 5.17 Å². The minimum Gasteiger partial charge on any atom is -0.399 e. The largest absolute Gasteiger partial charge is 0.399 e. The number of anilines is 1. The molecule has 4 N–H and O–H groups in total. The second kappa shape index (κ2) is 6.64. The summed E-state index contributed by atoms with van der Waals surface area (Å²) >= 11 is 1.18. The molecule has 0 aliphatic rings. The highest BCUT2D eigenvalue weighted by Gasteiger charge is 2.13. The molecule has 110 valence electrons. The van der Waals surface area contributed by atoms with Gasteiger partial charge in [-0.15, -0.1) is 4.40 Å². The van der Waals surface area contributed by atoms with Crippen LogP contribution in [0.4, 0.5) is 5.69 Å². The van der Waals surface area contributed by atoms with Crippen molar-refractivity contribution < 1.29 is 8.42 Å². The molecule has 0 amide bonds. The third-order valence-corrected chi connectivity index (χ3v) is 4.90. The van der Waals surface area contributed by atoms with Crippen molar-refractivity contribution >= 4 is 32.6 Å². The van der Waals surface area contributed by atoms with Gasteiger partial charge in [0, 0.05) is 11.4 Å². The van der Waals surface area contributed by atoms with E-state index in [-0.39, 0.29) is 10.1 Å². The fourth-order valence-corrected chi connectivity index (χ4v) is 3.40. The number of thioether (sulfide) groups is 1. The molecule has 0 fully saturated rings. The smallest absolute Gasteiger partial charge is 0.284 e. The monoisotopic (exact) mass is 321 g/mol. The molecule has 5 nitrogen and oxygen atoms in total. The van der Waals surface area contributed by atoms with Gasteiger partial charge in [-0.2, -0.15) is 8.42 Å². The summed E-state index contributed by atoms with van der Waals surface area (Å²) in [6.45, 7) is 0. The van der Waals surface area contributed by atoms with Gasteiger partial charge in [-0.3, -0.25) is 0 Å². The lowest BCUT2D eigenvalue weighted by atomic mass is 10.2. The molecule has 2 rings (SSSR count). The van der Waals surface area contributed by atoms with Crippen molar-refractivity contribution in [3.05, 3.63) is 60.2 Å². The maximum absolute atomic E-state index is 12.0. The van der Waals surface area contributed by atoms with E-state index in [1.165, 1.54) is 36.0 Å². The van der Waals surface area contributed by atoms with Gasteiger partial charge in [0.1, 0.15) is 0 Å². The van der Waals surface area contributed by atoms with E-state index in [4.69, 9.17) is 11.5 Å². The molecule has 0 aliphatic carbocycles. The van der Waals surface area contributed by atoms with Crippen LogP contribution in [-0.2, 0) is 15.8 Å². The average molecular weight is 321 g/mol. The second-order valence-electron chi connectivity index (χ2n) is 4.25. The molecule has 0 spiro atoms. The lowest BCUT2D eigenvalue weighted by molar-refractivity contribution is 0.598. The fraction of sp³-hybridized carbons (Fsp3) is 0.0714. The van der Waals surface area contributed by atoms with E-state index in [1.807, 2.05) is 30.3 Å². The van der Waals surface area contributed by atoms with Crippen LogP contribution in [0.2, 0.25) is 0 Å². The van der Waals surface area contributed by atoms with Crippen molar-refractivity contribution in [2.45, 2.75) is 10.6 Å². The Bertz CT molecular complexity index is 727. The fourth-order valence-electron chi connectivity index (χ4n) is 1.57. The molecule has 0 aliphatic heterocycles. The van der Waals surface area contributed by atoms with Crippen molar-refractivity contribution in [3.8, 4) is 0 Å². The molecule has 0 bridgehead atoms. The Hall–Kier alpha value is -1.99. The van der Waals surface area contributed by atoms with Gasteiger partial charge in [0.05, 0.1) is 4.90 Å². The quantitative estimate of drug-likeness (QED) is 0.511. The first kappa shape index (κ1) is 15.4. The van der Waals surface area contributed by atoms with Crippen LogP contribution in [0.3, 0.4) is 0 Å². The van der Waals surface area contributed by atoms with Crippen LogP contribution in [0, 0.1) is 0 Å². The molecule has 0 saturated carbocycles. The van der Waals surface area contributed by atoms with Crippen molar-refractivity contribution in [1.29, 1.82) is 0 Å². The van der Waals surface area contributed by atoms with E-state index >= 15 is 0 Å². The molecule has 0 atom stereocenters. The van der Waals surface area contributed by atoms with Crippen LogP contribution in [0.25, 0.3) is 0 Å². The minimum absolute atomic E-state index is 0.00989. The molecule has 0 aromatic heterocycles. The molecular weight excluding hydrogens is 306 g/mol. The summed E-state index contributed by atoms with van der Waals surface area (Å²) in [5, 5.41) is 0.00989. The van der Waals surface area contributed by atoms with Crippen molar-refractivity contribution in [2.24, 2.45) is 10.1 Å². The summed E-state index contributed by atoms with van der Waals surface area (Å²) in [5.74, 6) is 0.563. The lowest BCUT2D eigenvalue weighted by Gasteiger charge is -2.03. The highest BCUT2D eigenvalue weighted by Crippen LogP contribution is 2.17. The topological polar surface area (TPSA) is 98.5 Å². The second-order valence-corrected chi connectivity index (χ2v) is 6.85. The van der Waals surface area contributed by atoms with Crippen molar-refractivity contribution in [2.75, 3.05) is 5.73 Å². The Kier molecular flexibility index (Phi) is 4.87. The van der Waals surface area contributed by atoms with Gasteiger partial charge >= 0.3 is 0 Å². The molecule has 21 heavy (non-hydrogen) atoms. The number of amidine groups is 1. The Morgan fingerprint density at radius 3 is 2.29 bits per heavy atom. The molecule has 7 heteroatoms. The normalized spacial score (nSPS) is 12.3. The predicted octanol–water partition coefficient (Wildman–Crippen LogP) is 2.21. The summed E-state index contributed by atoms with van der Waals surface area (Å²) < 4.78 is 27.7. The number of nitrogens with two attached hydrogens (primary N) is 2. The standard InChI is InChI=1S/C14H15N3O2S2/c15-12-6-8-13(9-7-12)21(18,19)17-14(16)20-10-11-4-2-1-3-5-11/h1-9H,10,15H2,(H2,16,17). The number of hydrogen-bond acceptors (Lipinski definition) is 4. The van der Waals surface area contributed by atoms with E-state index in [0.717, 1.165) is 5.56 Å². The van der Waals surface area contributed by atoms with E-state index in [9.17, 15) is 8.42 Å². The van der Waals surface area contributed by atoms with Crippen LogP contribution in [-0.4, -0.2) is 13.6 Å². The maximum Gasteiger partial charge on any atom is 0.284 e. The van der Waals surface area contributed by atoms with Gasteiger partial charge in [0.25, 0.3) is 10.0 Å². The molecule has 2 aromatic rings. The van der Waals surface area contributed by atoms with Crippen LogP contribution in [0.5, 0.6) is 0 Å². The zero-order valence-corrected chi connectivity index (χ0v) is 12.8. The first-order valence-corrected chi connectivity index (χ1v) is 8.53. The molecule has 0 unspecified atom stereocenters. The van der Waals surface area contributed by atoms with E-state index in [2.05, 4.69) is 4.40 Å². The number of rotatable bonds is 4. The van der Waals surface area contributed by atoms with Gasteiger partial charge in [0.2, 0.25) is 0 Å². The van der Waals surface area contributed by atoms with E-state index < -0.39 is 10.0 Å². The zero-order chi connectivity index (χ0) is 15.3. The van der Waals surface area contributed by atoms with E-state index in [1.54, 1.807) is 0 Å². The Balaban J connectivity index is 2.08. The molecule has 0 radical (unpaired) electrons. The molecular formula is C14H15N3O2S2. The number of benzene rings is 2. The Labute approximate surface area is 128 Å². The van der Waals surface area contributed by atoms with E-state index in [0.29, 0.717) is 11.4 Å². The zero-order valence-electron chi connectivity index (χ0n) is 11.1. The van der Waals surface area contributed by atoms with Crippen LogP contribution in [0.15, 0.2) is 63.9 Å². The number of nitrogen functional groups attached to an aromatic ring is 1. The third-order valence-electron chi connectivity index (χ3n) is 2.62.